The first-order valence-corrected chi connectivity index (χ1v) is 7.40. The third-order valence-corrected chi connectivity index (χ3v) is 3.74. The Kier molecular flexibility index (Phi) is 7.11. The minimum atomic E-state index is 0.453. The third-order valence-electron chi connectivity index (χ3n) is 3.74. The van der Waals surface area contributed by atoms with E-state index in [4.69, 9.17) is 4.74 Å². The van der Waals surface area contributed by atoms with E-state index >= 15 is 0 Å². The van der Waals surface area contributed by atoms with Crippen LogP contribution in [0, 0.1) is 20.8 Å². The second kappa shape index (κ2) is 8.34. The Balaban J connectivity index is 2.85. The molecule has 0 saturated carbocycles. The van der Waals surface area contributed by atoms with E-state index in [0.717, 1.165) is 26.0 Å². The molecule has 0 spiro atoms. The summed E-state index contributed by atoms with van der Waals surface area (Å²) in [5, 5.41) is 3.68. The van der Waals surface area contributed by atoms with Crippen molar-refractivity contribution >= 4 is 0 Å². The largest absolute Gasteiger partial charge is 0.385 e. The van der Waals surface area contributed by atoms with Gasteiger partial charge in [-0.15, -0.1) is 0 Å². The predicted octanol–water partition coefficient (Wildman–Crippen LogP) is 4.08. The lowest BCUT2D eigenvalue weighted by molar-refractivity contribution is 0.188. The van der Waals surface area contributed by atoms with Crippen molar-refractivity contribution in [3.63, 3.8) is 0 Å². The first kappa shape index (κ1) is 16.2. The van der Waals surface area contributed by atoms with Crippen molar-refractivity contribution in [1.82, 2.24) is 5.32 Å². The molecule has 19 heavy (non-hydrogen) atoms. The Labute approximate surface area is 118 Å². The van der Waals surface area contributed by atoms with Crippen LogP contribution in [0.1, 0.15) is 54.5 Å². The number of ether oxygens (including phenoxy) is 1. The van der Waals surface area contributed by atoms with Gasteiger partial charge in [0.05, 0.1) is 0 Å². The molecule has 1 aromatic rings. The molecule has 1 rings (SSSR count). The summed E-state index contributed by atoms with van der Waals surface area (Å²) in [6.45, 7) is 10.7. The molecule has 0 bridgehead atoms. The molecule has 0 amide bonds. The molecule has 1 aromatic carbocycles. The topological polar surface area (TPSA) is 21.3 Å². The lowest BCUT2D eigenvalue weighted by atomic mass is 9.93. The molecule has 0 aromatic heterocycles. The van der Waals surface area contributed by atoms with Crippen molar-refractivity contribution < 1.29 is 4.74 Å². The van der Waals surface area contributed by atoms with E-state index in [1.54, 1.807) is 7.11 Å². The third kappa shape index (κ3) is 4.96. The minimum Gasteiger partial charge on any atom is -0.385 e. The van der Waals surface area contributed by atoms with Gasteiger partial charge >= 0.3 is 0 Å². The van der Waals surface area contributed by atoms with Crippen LogP contribution < -0.4 is 5.32 Å². The summed E-state index contributed by atoms with van der Waals surface area (Å²) in [4.78, 5) is 0. The van der Waals surface area contributed by atoms with E-state index in [9.17, 15) is 0 Å². The highest BCUT2D eigenvalue weighted by atomic mass is 16.5. The number of benzene rings is 1. The summed E-state index contributed by atoms with van der Waals surface area (Å²) in [5.41, 5.74) is 5.62. The number of hydrogen-bond acceptors (Lipinski definition) is 2. The van der Waals surface area contributed by atoms with Gasteiger partial charge in [-0.05, 0) is 68.8 Å². The first-order chi connectivity index (χ1) is 9.10. The molecular weight excluding hydrogens is 234 g/mol. The van der Waals surface area contributed by atoms with E-state index in [0.29, 0.717) is 6.04 Å². The SMILES string of the molecule is CCCNC(CCCOC)c1cc(C)c(C)cc1C. The van der Waals surface area contributed by atoms with Gasteiger partial charge in [-0.2, -0.15) is 0 Å². The highest BCUT2D eigenvalue weighted by Gasteiger charge is 2.13. The van der Waals surface area contributed by atoms with E-state index in [2.05, 4.69) is 45.1 Å². The van der Waals surface area contributed by atoms with E-state index < -0.39 is 0 Å². The molecule has 108 valence electrons. The molecule has 0 fully saturated rings. The zero-order valence-electron chi connectivity index (χ0n) is 13.2. The van der Waals surface area contributed by atoms with Gasteiger partial charge < -0.3 is 10.1 Å². The van der Waals surface area contributed by atoms with Crippen molar-refractivity contribution in [2.24, 2.45) is 0 Å². The van der Waals surface area contributed by atoms with Gasteiger partial charge in [-0.3, -0.25) is 0 Å². The Morgan fingerprint density at radius 3 is 2.42 bits per heavy atom. The summed E-state index contributed by atoms with van der Waals surface area (Å²) in [6.07, 6.45) is 3.41. The smallest absolute Gasteiger partial charge is 0.0462 e. The van der Waals surface area contributed by atoms with Crippen LogP contribution in [0.3, 0.4) is 0 Å². The van der Waals surface area contributed by atoms with Crippen molar-refractivity contribution in [3.05, 3.63) is 34.4 Å². The van der Waals surface area contributed by atoms with E-state index in [-0.39, 0.29) is 0 Å². The zero-order valence-corrected chi connectivity index (χ0v) is 13.2. The van der Waals surface area contributed by atoms with Gasteiger partial charge in [-0.25, -0.2) is 0 Å². The molecule has 2 heteroatoms. The van der Waals surface area contributed by atoms with Crippen LogP contribution in [-0.2, 0) is 4.74 Å². The Bertz CT molecular complexity index is 387. The van der Waals surface area contributed by atoms with Crippen LogP contribution in [0.5, 0.6) is 0 Å². The Morgan fingerprint density at radius 1 is 1.11 bits per heavy atom. The number of rotatable bonds is 8. The van der Waals surface area contributed by atoms with Crippen LogP contribution in [0.15, 0.2) is 12.1 Å². The Morgan fingerprint density at radius 2 is 1.79 bits per heavy atom. The van der Waals surface area contributed by atoms with Gasteiger partial charge in [0, 0.05) is 19.8 Å². The summed E-state index contributed by atoms with van der Waals surface area (Å²) in [7, 11) is 1.77. The lowest BCUT2D eigenvalue weighted by Crippen LogP contribution is -2.23. The normalized spacial score (nSPS) is 12.7. The zero-order chi connectivity index (χ0) is 14.3. The fourth-order valence-corrected chi connectivity index (χ4v) is 2.48. The molecule has 1 N–H and O–H groups in total. The lowest BCUT2D eigenvalue weighted by Gasteiger charge is -2.22. The Hall–Kier alpha value is -0.860. The maximum atomic E-state index is 5.18. The number of aryl methyl sites for hydroxylation is 3. The van der Waals surface area contributed by atoms with Crippen molar-refractivity contribution in [1.29, 1.82) is 0 Å². The first-order valence-electron chi connectivity index (χ1n) is 7.40. The van der Waals surface area contributed by atoms with Crippen molar-refractivity contribution in [2.45, 2.75) is 53.0 Å². The van der Waals surface area contributed by atoms with Gasteiger partial charge in [0.1, 0.15) is 0 Å². The van der Waals surface area contributed by atoms with Crippen molar-refractivity contribution in [3.8, 4) is 0 Å². The highest BCUT2D eigenvalue weighted by molar-refractivity contribution is 5.38. The van der Waals surface area contributed by atoms with Crippen LogP contribution >= 0.6 is 0 Å². The average molecular weight is 263 g/mol. The van der Waals surface area contributed by atoms with Crippen LogP contribution in [-0.4, -0.2) is 20.3 Å². The number of nitrogens with one attached hydrogen (secondary N) is 1. The second-order valence-corrected chi connectivity index (χ2v) is 5.43. The number of hydrogen-bond donors (Lipinski definition) is 1. The maximum absolute atomic E-state index is 5.18. The quantitative estimate of drug-likeness (QED) is 0.714. The molecule has 2 nitrogen and oxygen atoms in total. The van der Waals surface area contributed by atoms with Gasteiger partial charge in [-0.1, -0.05) is 19.1 Å². The molecule has 0 saturated heterocycles. The molecule has 0 aliphatic carbocycles. The summed E-state index contributed by atoms with van der Waals surface area (Å²) in [6, 6.07) is 5.11. The number of methoxy groups -OCH3 is 1. The monoisotopic (exact) mass is 263 g/mol. The van der Waals surface area contributed by atoms with Gasteiger partial charge in [0.2, 0.25) is 0 Å². The van der Waals surface area contributed by atoms with Gasteiger partial charge in [0.15, 0.2) is 0 Å². The predicted molar refractivity (Wildman–Crippen MR) is 82.8 cm³/mol. The van der Waals surface area contributed by atoms with Crippen LogP contribution in [0.2, 0.25) is 0 Å². The molecular formula is C17H29NO. The van der Waals surface area contributed by atoms with E-state index in [1.165, 1.54) is 28.7 Å². The molecule has 0 radical (unpaired) electrons. The van der Waals surface area contributed by atoms with Crippen LogP contribution in [0.4, 0.5) is 0 Å². The van der Waals surface area contributed by atoms with E-state index in [1.807, 2.05) is 0 Å². The average Bonchev–Trinajstić information content (AvgIpc) is 2.38. The fourth-order valence-electron chi connectivity index (χ4n) is 2.48. The highest BCUT2D eigenvalue weighted by Crippen LogP contribution is 2.25. The fraction of sp³-hybridized carbons (Fsp3) is 0.647. The summed E-state index contributed by atoms with van der Waals surface area (Å²) in [5.74, 6) is 0. The molecule has 0 aliphatic heterocycles. The standard InChI is InChI=1S/C17H29NO/c1-6-9-18-17(8-7-10-19-5)16-12-14(3)13(2)11-15(16)4/h11-12,17-18H,6-10H2,1-5H3. The maximum Gasteiger partial charge on any atom is 0.0462 e. The molecule has 0 aliphatic rings. The summed E-state index contributed by atoms with van der Waals surface area (Å²) >= 11 is 0. The molecule has 1 atom stereocenters. The molecule has 1 unspecified atom stereocenters. The second-order valence-electron chi connectivity index (χ2n) is 5.43. The van der Waals surface area contributed by atoms with Gasteiger partial charge in [0.25, 0.3) is 0 Å². The minimum absolute atomic E-state index is 0.453. The van der Waals surface area contributed by atoms with Crippen LogP contribution in [0.25, 0.3) is 0 Å². The molecule has 0 heterocycles. The van der Waals surface area contributed by atoms with Crippen molar-refractivity contribution in [2.75, 3.05) is 20.3 Å². The summed E-state index contributed by atoms with van der Waals surface area (Å²) < 4.78 is 5.18.